The zero-order chi connectivity index (χ0) is 19.8. The summed E-state index contributed by atoms with van der Waals surface area (Å²) in [5.41, 5.74) is 0.206. The van der Waals surface area contributed by atoms with Crippen LogP contribution in [0.1, 0.15) is 44.2 Å². The van der Waals surface area contributed by atoms with Gasteiger partial charge in [-0.3, -0.25) is 9.69 Å². The average molecular weight is 384 g/mol. The monoisotopic (exact) mass is 384 g/mol. The van der Waals surface area contributed by atoms with E-state index in [-0.39, 0.29) is 36.6 Å². The van der Waals surface area contributed by atoms with Crippen molar-refractivity contribution in [1.82, 2.24) is 9.80 Å². The van der Waals surface area contributed by atoms with Gasteiger partial charge in [-0.25, -0.2) is 0 Å². The lowest BCUT2D eigenvalue weighted by molar-refractivity contribution is -0.143. The van der Waals surface area contributed by atoms with Crippen LogP contribution in [0.25, 0.3) is 0 Å². The number of halogens is 3. The number of hydrogen-bond acceptors (Lipinski definition) is 3. The van der Waals surface area contributed by atoms with E-state index in [0.717, 1.165) is 37.1 Å². The Hall–Kier alpha value is -1.60. The first-order chi connectivity index (χ1) is 12.7. The molecule has 2 heterocycles. The number of likely N-dealkylation sites (tertiary alicyclic amines) is 2. The lowest BCUT2D eigenvalue weighted by Crippen LogP contribution is -2.58. The van der Waals surface area contributed by atoms with E-state index in [0.29, 0.717) is 13.0 Å². The van der Waals surface area contributed by atoms with Gasteiger partial charge < -0.3 is 10.0 Å². The minimum absolute atomic E-state index is 0.0501. The van der Waals surface area contributed by atoms with Crippen LogP contribution in [0.4, 0.5) is 13.2 Å². The van der Waals surface area contributed by atoms with Gasteiger partial charge in [0.25, 0.3) is 0 Å². The van der Waals surface area contributed by atoms with E-state index in [9.17, 15) is 23.1 Å². The number of rotatable bonds is 5. The molecule has 0 spiro atoms. The zero-order valence-corrected chi connectivity index (χ0v) is 15.7. The molecule has 2 fully saturated rings. The standard InChI is InChI=1S/C20H27F3N2O2/c1-13(2)18(12-26)25-17-9-10-24(16(17)7-8-19(25)27)11-14-3-5-15(6-4-14)20(21,22)23/h3-6,13,16-18,26H,7-12H2,1-2H3/t16-,17?,18+/m0/s1. The van der Waals surface area contributed by atoms with Gasteiger partial charge in [-0.05, 0) is 36.5 Å². The molecule has 2 saturated heterocycles. The number of nitrogens with zero attached hydrogens (tertiary/aromatic N) is 2. The van der Waals surface area contributed by atoms with Gasteiger partial charge in [0, 0.05) is 31.6 Å². The summed E-state index contributed by atoms with van der Waals surface area (Å²) < 4.78 is 38.2. The molecular formula is C20H27F3N2O2. The number of aliphatic hydroxyl groups excluding tert-OH is 1. The summed E-state index contributed by atoms with van der Waals surface area (Å²) in [7, 11) is 0. The van der Waals surface area contributed by atoms with Crippen molar-refractivity contribution in [3.8, 4) is 0 Å². The first-order valence-electron chi connectivity index (χ1n) is 9.54. The van der Waals surface area contributed by atoms with Crippen LogP contribution in [-0.2, 0) is 17.5 Å². The highest BCUT2D eigenvalue weighted by atomic mass is 19.4. The number of amides is 1. The molecule has 4 nitrogen and oxygen atoms in total. The van der Waals surface area contributed by atoms with Crippen molar-refractivity contribution in [3.63, 3.8) is 0 Å². The molecule has 27 heavy (non-hydrogen) atoms. The van der Waals surface area contributed by atoms with E-state index in [2.05, 4.69) is 4.90 Å². The summed E-state index contributed by atoms with van der Waals surface area (Å²) in [4.78, 5) is 16.7. The van der Waals surface area contributed by atoms with Gasteiger partial charge in [0.1, 0.15) is 0 Å². The van der Waals surface area contributed by atoms with Crippen molar-refractivity contribution in [2.24, 2.45) is 5.92 Å². The largest absolute Gasteiger partial charge is 0.416 e. The number of hydrogen-bond donors (Lipinski definition) is 1. The van der Waals surface area contributed by atoms with Crippen molar-refractivity contribution < 1.29 is 23.1 Å². The Bertz CT molecular complexity index is 660. The fraction of sp³-hybridized carbons (Fsp3) is 0.650. The molecule has 3 rings (SSSR count). The molecule has 2 aliphatic rings. The van der Waals surface area contributed by atoms with Gasteiger partial charge in [0.2, 0.25) is 5.91 Å². The first kappa shape index (κ1) is 20.1. The number of carbonyl (C=O) groups excluding carboxylic acids is 1. The summed E-state index contributed by atoms with van der Waals surface area (Å²) in [6.07, 6.45) is -2.28. The number of carbonyl (C=O) groups is 1. The lowest BCUT2D eigenvalue weighted by Gasteiger charge is -2.45. The molecule has 0 aromatic heterocycles. The SMILES string of the molecule is CC(C)[C@@H](CO)N1C(=O)CC[C@H]2C1CCN2Cc1ccc(C(F)(F)F)cc1. The van der Waals surface area contributed by atoms with Gasteiger partial charge in [-0.15, -0.1) is 0 Å². The zero-order valence-electron chi connectivity index (χ0n) is 15.7. The van der Waals surface area contributed by atoms with Crippen molar-refractivity contribution >= 4 is 5.91 Å². The highest BCUT2D eigenvalue weighted by Gasteiger charge is 2.45. The Morgan fingerprint density at radius 2 is 1.81 bits per heavy atom. The molecule has 1 unspecified atom stereocenters. The van der Waals surface area contributed by atoms with Crippen LogP contribution in [0.3, 0.4) is 0 Å². The summed E-state index contributed by atoms with van der Waals surface area (Å²) in [5.74, 6) is 0.266. The minimum atomic E-state index is -4.32. The maximum atomic E-state index is 12.7. The summed E-state index contributed by atoms with van der Waals surface area (Å²) in [5, 5.41) is 9.78. The first-order valence-corrected chi connectivity index (χ1v) is 9.54. The van der Waals surface area contributed by atoms with E-state index in [4.69, 9.17) is 0 Å². The molecule has 1 N–H and O–H groups in total. The molecule has 0 radical (unpaired) electrons. The third-order valence-corrected chi connectivity index (χ3v) is 5.91. The Morgan fingerprint density at radius 3 is 2.37 bits per heavy atom. The lowest BCUT2D eigenvalue weighted by atomic mass is 9.91. The molecule has 0 saturated carbocycles. The second kappa shape index (κ2) is 7.80. The highest BCUT2D eigenvalue weighted by molar-refractivity contribution is 5.78. The van der Waals surface area contributed by atoms with E-state index in [1.54, 1.807) is 0 Å². The van der Waals surface area contributed by atoms with Crippen molar-refractivity contribution in [1.29, 1.82) is 0 Å². The van der Waals surface area contributed by atoms with Crippen molar-refractivity contribution in [2.45, 2.75) is 64.0 Å². The van der Waals surface area contributed by atoms with E-state index in [1.807, 2.05) is 18.7 Å². The Morgan fingerprint density at radius 1 is 1.15 bits per heavy atom. The third kappa shape index (κ3) is 4.14. The minimum Gasteiger partial charge on any atom is -0.394 e. The van der Waals surface area contributed by atoms with Gasteiger partial charge in [0.05, 0.1) is 18.2 Å². The highest BCUT2D eigenvalue weighted by Crippen LogP contribution is 2.35. The van der Waals surface area contributed by atoms with Crippen LogP contribution in [-0.4, -0.2) is 52.1 Å². The Labute approximate surface area is 158 Å². The van der Waals surface area contributed by atoms with Crippen LogP contribution in [0, 0.1) is 5.92 Å². The van der Waals surface area contributed by atoms with Gasteiger partial charge in [-0.1, -0.05) is 26.0 Å². The molecule has 0 bridgehead atoms. The summed E-state index contributed by atoms with van der Waals surface area (Å²) in [6.45, 7) is 5.34. The van der Waals surface area contributed by atoms with Crippen LogP contribution in [0.2, 0.25) is 0 Å². The second-order valence-electron chi connectivity index (χ2n) is 7.92. The Kier molecular flexibility index (Phi) is 5.82. The molecule has 150 valence electrons. The molecule has 0 aliphatic carbocycles. The van der Waals surface area contributed by atoms with E-state index >= 15 is 0 Å². The van der Waals surface area contributed by atoms with Gasteiger partial charge in [-0.2, -0.15) is 13.2 Å². The van der Waals surface area contributed by atoms with Crippen LogP contribution >= 0.6 is 0 Å². The molecule has 2 aliphatic heterocycles. The fourth-order valence-corrected chi connectivity index (χ4v) is 4.47. The van der Waals surface area contributed by atoms with E-state index in [1.165, 1.54) is 12.1 Å². The predicted molar refractivity (Wildman–Crippen MR) is 95.8 cm³/mol. The van der Waals surface area contributed by atoms with Gasteiger partial charge in [0.15, 0.2) is 0 Å². The van der Waals surface area contributed by atoms with Crippen LogP contribution in [0.5, 0.6) is 0 Å². The van der Waals surface area contributed by atoms with Crippen LogP contribution in [0.15, 0.2) is 24.3 Å². The maximum absolute atomic E-state index is 12.7. The quantitative estimate of drug-likeness (QED) is 0.847. The predicted octanol–water partition coefficient (Wildman–Crippen LogP) is 3.29. The number of piperidine rings is 1. The number of alkyl halides is 3. The molecular weight excluding hydrogens is 357 g/mol. The number of fused-ring (bicyclic) bond motifs is 1. The molecule has 7 heteroatoms. The summed E-state index contributed by atoms with van der Waals surface area (Å²) >= 11 is 0. The maximum Gasteiger partial charge on any atom is 0.416 e. The molecule has 1 amide bonds. The molecule has 3 atom stereocenters. The molecule has 1 aromatic rings. The third-order valence-electron chi connectivity index (χ3n) is 5.91. The normalized spacial score (nSPS) is 25.1. The van der Waals surface area contributed by atoms with Crippen LogP contribution < -0.4 is 0 Å². The van der Waals surface area contributed by atoms with E-state index < -0.39 is 11.7 Å². The average Bonchev–Trinajstić information content (AvgIpc) is 2.99. The number of benzene rings is 1. The van der Waals surface area contributed by atoms with Crippen molar-refractivity contribution in [2.75, 3.05) is 13.2 Å². The summed E-state index contributed by atoms with van der Waals surface area (Å²) in [6, 6.07) is 5.40. The Balaban J connectivity index is 1.72. The van der Waals surface area contributed by atoms with Gasteiger partial charge >= 0.3 is 6.18 Å². The smallest absolute Gasteiger partial charge is 0.394 e. The molecule has 1 aromatic carbocycles. The van der Waals surface area contributed by atoms with Crippen molar-refractivity contribution in [3.05, 3.63) is 35.4 Å². The second-order valence-corrected chi connectivity index (χ2v) is 7.92. The topological polar surface area (TPSA) is 43.8 Å². The fourth-order valence-electron chi connectivity index (χ4n) is 4.47. The number of aliphatic hydroxyl groups is 1.